The summed E-state index contributed by atoms with van der Waals surface area (Å²) in [7, 11) is 2.16. The van der Waals surface area contributed by atoms with E-state index in [0.717, 1.165) is 31.7 Å². The van der Waals surface area contributed by atoms with Gasteiger partial charge in [0.2, 0.25) is 0 Å². The molecule has 1 aromatic carbocycles. The van der Waals surface area contributed by atoms with Gasteiger partial charge in [0.25, 0.3) is 0 Å². The van der Waals surface area contributed by atoms with Crippen LogP contribution in [0.25, 0.3) is 0 Å². The summed E-state index contributed by atoms with van der Waals surface area (Å²) in [6.45, 7) is 8.46. The summed E-state index contributed by atoms with van der Waals surface area (Å²) in [4.78, 5) is 4.74. The van der Waals surface area contributed by atoms with E-state index in [0.29, 0.717) is 10.7 Å². The zero-order chi connectivity index (χ0) is 12.6. The second-order valence-corrected chi connectivity index (χ2v) is 5.24. The Morgan fingerprint density at radius 2 is 1.71 bits per heavy atom. The zero-order valence-electron chi connectivity index (χ0n) is 10.8. The molecule has 94 valence electrons. The summed E-state index contributed by atoms with van der Waals surface area (Å²) in [5.74, 6) is 0. The fourth-order valence-electron chi connectivity index (χ4n) is 2.26. The van der Waals surface area contributed by atoms with Gasteiger partial charge in [-0.15, -0.1) is 0 Å². The number of piperazine rings is 1. The second-order valence-electron chi connectivity index (χ2n) is 4.83. The van der Waals surface area contributed by atoms with Gasteiger partial charge in [0, 0.05) is 31.9 Å². The Labute approximate surface area is 108 Å². The highest BCUT2D eigenvalue weighted by atomic mass is 35.5. The molecule has 1 aliphatic heterocycles. The molecule has 0 aliphatic carbocycles. The highest BCUT2D eigenvalue weighted by Crippen LogP contribution is 2.33. The Morgan fingerprint density at radius 3 is 2.29 bits per heavy atom. The smallest absolute Gasteiger partial charge is 0.0658 e. The van der Waals surface area contributed by atoms with Crippen LogP contribution in [0, 0.1) is 13.8 Å². The number of hydrogen-bond donors (Lipinski definition) is 1. The van der Waals surface area contributed by atoms with Crippen LogP contribution in [0.1, 0.15) is 11.1 Å². The van der Waals surface area contributed by atoms with E-state index in [1.54, 1.807) is 0 Å². The van der Waals surface area contributed by atoms with Crippen molar-refractivity contribution in [3.05, 3.63) is 22.2 Å². The molecule has 0 radical (unpaired) electrons. The van der Waals surface area contributed by atoms with E-state index < -0.39 is 0 Å². The van der Waals surface area contributed by atoms with Crippen LogP contribution < -0.4 is 10.6 Å². The summed E-state index contributed by atoms with van der Waals surface area (Å²) in [6.07, 6.45) is 0. The minimum absolute atomic E-state index is 0.669. The number of benzene rings is 1. The van der Waals surface area contributed by atoms with Gasteiger partial charge in [0.15, 0.2) is 0 Å². The number of nitrogens with zero attached hydrogens (tertiary/aromatic N) is 2. The van der Waals surface area contributed by atoms with Gasteiger partial charge < -0.3 is 15.5 Å². The van der Waals surface area contributed by atoms with Gasteiger partial charge in [-0.2, -0.15) is 0 Å². The van der Waals surface area contributed by atoms with Gasteiger partial charge in [0.1, 0.15) is 0 Å². The Hall–Kier alpha value is -0.930. The number of nitrogen functional groups attached to an aromatic ring is 1. The summed E-state index contributed by atoms with van der Waals surface area (Å²) < 4.78 is 0. The quantitative estimate of drug-likeness (QED) is 0.780. The Morgan fingerprint density at radius 1 is 1.12 bits per heavy atom. The number of halogens is 1. The zero-order valence-corrected chi connectivity index (χ0v) is 11.5. The van der Waals surface area contributed by atoms with Crippen molar-refractivity contribution in [2.24, 2.45) is 0 Å². The van der Waals surface area contributed by atoms with Crippen molar-refractivity contribution < 1.29 is 0 Å². The summed E-state index contributed by atoms with van der Waals surface area (Å²) in [5.41, 5.74) is 10.2. The van der Waals surface area contributed by atoms with E-state index in [4.69, 9.17) is 17.3 Å². The van der Waals surface area contributed by atoms with E-state index >= 15 is 0 Å². The molecular weight excluding hydrogens is 234 g/mol. The molecule has 0 saturated carbocycles. The van der Waals surface area contributed by atoms with Crippen molar-refractivity contribution in [1.29, 1.82) is 0 Å². The first kappa shape index (κ1) is 12.5. The molecule has 1 saturated heterocycles. The van der Waals surface area contributed by atoms with Crippen LogP contribution in [0.3, 0.4) is 0 Å². The third-order valence-corrected chi connectivity index (χ3v) is 4.03. The van der Waals surface area contributed by atoms with Crippen molar-refractivity contribution in [3.63, 3.8) is 0 Å². The summed E-state index contributed by atoms with van der Waals surface area (Å²) >= 11 is 6.18. The first-order valence-electron chi connectivity index (χ1n) is 5.99. The van der Waals surface area contributed by atoms with E-state index in [9.17, 15) is 0 Å². The van der Waals surface area contributed by atoms with Crippen molar-refractivity contribution in [3.8, 4) is 0 Å². The Balaban J connectivity index is 2.33. The molecule has 4 heteroatoms. The first-order valence-corrected chi connectivity index (χ1v) is 6.37. The van der Waals surface area contributed by atoms with Crippen LogP contribution in [0.4, 0.5) is 11.4 Å². The molecule has 0 aromatic heterocycles. The molecule has 1 heterocycles. The van der Waals surface area contributed by atoms with Crippen LogP contribution in [-0.4, -0.2) is 38.1 Å². The lowest BCUT2D eigenvalue weighted by Gasteiger charge is -2.35. The molecule has 2 N–H and O–H groups in total. The monoisotopic (exact) mass is 253 g/mol. The van der Waals surface area contributed by atoms with Gasteiger partial charge in [-0.3, -0.25) is 0 Å². The minimum atomic E-state index is 0.669. The second kappa shape index (κ2) is 4.75. The number of nitrogens with two attached hydrogens (primary N) is 1. The molecule has 1 aromatic rings. The Kier molecular flexibility index (Phi) is 3.50. The number of hydrogen-bond acceptors (Lipinski definition) is 3. The maximum atomic E-state index is 6.18. The Bertz CT molecular complexity index is 423. The van der Waals surface area contributed by atoms with Crippen molar-refractivity contribution in [2.75, 3.05) is 43.9 Å². The molecule has 17 heavy (non-hydrogen) atoms. The van der Waals surface area contributed by atoms with E-state index in [2.05, 4.69) is 23.8 Å². The lowest BCUT2D eigenvalue weighted by molar-refractivity contribution is 0.312. The normalized spacial score (nSPS) is 17.5. The maximum Gasteiger partial charge on any atom is 0.0658 e. The van der Waals surface area contributed by atoms with Gasteiger partial charge in [-0.25, -0.2) is 0 Å². The van der Waals surface area contributed by atoms with Crippen LogP contribution in [0.5, 0.6) is 0 Å². The lowest BCUT2D eigenvalue weighted by Crippen LogP contribution is -2.44. The molecule has 2 rings (SSSR count). The third kappa shape index (κ3) is 2.35. The largest absolute Gasteiger partial charge is 0.397 e. The summed E-state index contributed by atoms with van der Waals surface area (Å²) in [5, 5.41) is 0.669. The predicted octanol–water partition coefficient (Wildman–Crippen LogP) is 2.29. The fraction of sp³-hybridized carbons (Fsp3) is 0.538. The van der Waals surface area contributed by atoms with E-state index in [1.165, 1.54) is 11.3 Å². The molecule has 0 spiro atoms. The highest BCUT2D eigenvalue weighted by Gasteiger charge is 2.18. The molecule has 0 amide bonds. The van der Waals surface area contributed by atoms with Gasteiger partial charge in [0.05, 0.1) is 10.7 Å². The van der Waals surface area contributed by atoms with Crippen LogP contribution in [-0.2, 0) is 0 Å². The van der Waals surface area contributed by atoms with Crippen LogP contribution in [0.15, 0.2) is 6.07 Å². The maximum absolute atomic E-state index is 6.18. The third-order valence-electron chi connectivity index (χ3n) is 3.72. The molecule has 0 unspecified atom stereocenters. The number of likely N-dealkylation sites (N-methyl/N-ethyl adjacent to an activating group) is 1. The topological polar surface area (TPSA) is 32.5 Å². The van der Waals surface area contributed by atoms with Crippen molar-refractivity contribution >= 4 is 23.0 Å². The summed E-state index contributed by atoms with van der Waals surface area (Å²) in [6, 6.07) is 2.00. The van der Waals surface area contributed by atoms with Crippen LogP contribution >= 0.6 is 11.6 Å². The fourth-order valence-corrected chi connectivity index (χ4v) is 2.50. The van der Waals surface area contributed by atoms with Crippen molar-refractivity contribution in [2.45, 2.75) is 13.8 Å². The molecule has 3 nitrogen and oxygen atoms in total. The first-order chi connectivity index (χ1) is 8.00. The lowest BCUT2D eigenvalue weighted by atomic mass is 10.0. The van der Waals surface area contributed by atoms with Crippen molar-refractivity contribution in [1.82, 2.24) is 4.90 Å². The average Bonchev–Trinajstić information content (AvgIpc) is 2.32. The number of anilines is 2. The molecule has 1 aliphatic rings. The predicted molar refractivity (Wildman–Crippen MR) is 75.0 cm³/mol. The van der Waals surface area contributed by atoms with Gasteiger partial charge >= 0.3 is 0 Å². The SMILES string of the molecule is Cc1c(N2CCN(C)CC2)cc(Cl)c(N)c1C. The highest BCUT2D eigenvalue weighted by molar-refractivity contribution is 6.33. The minimum Gasteiger partial charge on any atom is -0.397 e. The molecule has 1 fully saturated rings. The molecule has 0 atom stereocenters. The van der Waals surface area contributed by atoms with Crippen LogP contribution in [0.2, 0.25) is 5.02 Å². The average molecular weight is 254 g/mol. The van der Waals surface area contributed by atoms with Gasteiger partial charge in [-0.05, 0) is 38.1 Å². The molecular formula is C13H20ClN3. The molecule has 0 bridgehead atoms. The van der Waals surface area contributed by atoms with E-state index in [1.807, 2.05) is 13.0 Å². The van der Waals surface area contributed by atoms with E-state index in [-0.39, 0.29) is 0 Å². The standard InChI is InChI=1S/C13H20ClN3/c1-9-10(2)13(15)11(14)8-12(9)17-6-4-16(3)5-7-17/h8H,4-7,15H2,1-3H3. The van der Waals surface area contributed by atoms with Gasteiger partial charge in [-0.1, -0.05) is 11.6 Å². The number of rotatable bonds is 1.